The van der Waals surface area contributed by atoms with Crippen LogP contribution >= 0.6 is 12.4 Å². The molecule has 0 saturated carbocycles. The maximum Gasteiger partial charge on any atom is 0.123 e. The second kappa shape index (κ2) is 7.87. The minimum atomic E-state index is -0.220. The molecule has 1 atom stereocenters. The van der Waals surface area contributed by atoms with E-state index < -0.39 is 0 Å². The lowest BCUT2D eigenvalue weighted by Gasteiger charge is -2.11. The highest BCUT2D eigenvalue weighted by Crippen LogP contribution is 2.20. The first kappa shape index (κ1) is 17.6. The van der Waals surface area contributed by atoms with Crippen LogP contribution in [0.3, 0.4) is 0 Å². The van der Waals surface area contributed by atoms with E-state index in [1.54, 1.807) is 24.3 Å². The molecule has 0 aromatic heterocycles. The van der Waals surface area contributed by atoms with Crippen molar-refractivity contribution in [2.75, 3.05) is 0 Å². The van der Waals surface area contributed by atoms with E-state index in [1.807, 2.05) is 0 Å². The normalized spacial score (nSPS) is 11.1. The maximum absolute atomic E-state index is 12.8. The average molecular weight is 286 g/mol. The molecule has 1 unspecified atom stereocenters. The second-order valence-corrected chi connectivity index (χ2v) is 4.28. The third-order valence-electron chi connectivity index (χ3n) is 2.89. The van der Waals surface area contributed by atoms with Crippen LogP contribution in [0, 0.1) is 11.6 Å². The van der Waals surface area contributed by atoms with E-state index in [-0.39, 0.29) is 30.2 Å². The molecule has 2 aromatic carbocycles. The van der Waals surface area contributed by atoms with E-state index >= 15 is 0 Å². The molecule has 3 N–H and O–H groups in total. The molecular weight excluding hydrogens is 268 g/mol. The summed E-state index contributed by atoms with van der Waals surface area (Å²) in [4.78, 5) is 0. The molecule has 0 aliphatic carbocycles. The van der Waals surface area contributed by atoms with Crippen LogP contribution in [0.5, 0.6) is 0 Å². The SMILES string of the molecule is CC(Cc1ccc(F)cc1)c1ccc(F)cc1.Cl.N. The lowest BCUT2D eigenvalue weighted by Crippen LogP contribution is -1.98. The van der Waals surface area contributed by atoms with Crippen LogP contribution in [0.1, 0.15) is 24.0 Å². The Bertz CT molecular complexity index is 483. The van der Waals surface area contributed by atoms with E-state index in [9.17, 15) is 8.78 Å². The summed E-state index contributed by atoms with van der Waals surface area (Å²) in [5.41, 5.74) is 2.18. The molecule has 0 fully saturated rings. The summed E-state index contributed by atoms with van der Waals surface area (Å²) in [5, 5.41) is 0. The highest BCUT2D eigenvalue weighted by Gasteiger charge is 2.06. The molecule has 0 radical (unpaired) electrons. The standard InChI is InChI=1S/C15H14F2.ClH.H3N/c1-11(13-4-8-15(17)9-5-13)10-12-2-6-14(16)7-3-12;;/h2-9,11H,10H2,1H3;1H;1H3. The number of halogens is 3. The van der Waals surface area contributed by atoms with Crippen LogP contribution in [0.4, 0.5) is 8.78 Å². The van der Waals surface area contributed by atoms with Crippen molar-refractivity contribution >= 4 is 12.4 Å². The summed E-state index contributed by atoms with van der Waals surface area (Å²) in [6.45, 7) is 2.08. The Morgan fingerprint density at radius 1 is 0.842 bits per heavy atom. The minimum absolute atomic E-state index is 0. The first-order chi connectivity index (χ1) is 8.15. The summed E-state index contributed by atoms with van der Waals surface area (Å²) in [6.07, 6.45) is 0.825. The van der Waals surface area contributed by atoms with Crippen LogP contribution in [0.2, 0.25) is 0 Å². The average Bonchev–Trinajstić information content (AvgIpc) is 2.33. The predicted molar refractivity (Wildman–Crippen MR) is 77.2 cm³/mol. The molecule has 0 aliphatic heterocycles. The van der Waals surface area contributed by atoms with Crippen LogP contribution in [-0.2, 0) is 6.42 Å². The Labute approximate surface area is 118 Å². The number of rotatable bonds is 3. The molecule has 0 aliphatic rings. The van der Waals surface area contributed by atoms with Crippen molar-refractivity contribution < 1.29 is 8.78 Å². The molecule has 104 valence electrons. The molecule has 0 amide bonds. The van der Waals surface area contributed by atoms with Gasteiger partial charge < -0.3 is 6.15 Å². The molecule has 0 bridgehead atoms. The van der Waals surface area contributed by atoms with Crippen molar-refractivity contribution in [1.29, 1.82) is 0 Å². The van der Waals surface area contributed by atoms with Gasteiger partial charge in [-0.1, -0.05) is 31.2 Å². The van der Waals surface area contributed by atoms with Gasteiger partial charge in [-0.15, -0.1) is 12.4 Å². The van der Waals surface area contributed by atoms with Gasteiger partial charge in [0.05, 0.1) is 0 Å². The Hall–Kier alpha value is -1.45. The largest absolute Gasteiger partial charge is 0.344 e. The fourth-order valence-corrected chi connectivity index (χ4v) is 1.88. The lowest BCUT2D eigenvalue weighted by molar-refractivity contribution is 0.623. The third kappa shape index (κ3) is 4.97. The third-order valence-corrected chi connectivity index (χ3v) is 2.89. The molecule has 19 heavy (non-hydrogen) atoms. The summed E-state index contributed by atoms with van der Waals surface area (Å²) < 4.78 is 25.5. The van der Waals surface area contributed by atoms with Crippen molar-refractivity contribution in [3.63, 3.8) is 0 Å². The zero-order valence-corrected chi connectivity index (χ0v) is 11.6. The number of hydrogen-bond acceptors (Lipinski definition) is 1. The van der Waals surface area contributed by atoms with Crippen molar-refractivity contribution in [3.05, 3.63) is 71.3 Å². The summed E-state index contributed by atoms with van der Waals surface area (Å²) in [6, 6.07) is 13.0. The van der Waals surface area contributed by atoms with Crippen LogP contribution in [0.25, 0.3) is 0 Å². The fourth-order valence-electron chi connectivity index (χ4n) is 1.88. The quantitative estimate of drug-likeness (QED) is 0.856. The number of hydrogen-bond donors (Lipinski definition) is 1. The van der Waals surface area contributed by atoms with E-state index in [0.29, 0.717) is 5.92 Å². The van der Waals surface area contributed by atoms with E-state index in [1.165, 1.54) is 24.3 Å². The van der Waals surface area contributed by atoms with Gasteiger partial charge in [0, 0.05) is 0 Å². The predicted octanol–water partition coefficient (Wildman–Crippen LogP) is 4.89. The highest BCUT2D eigenvalue weighted by atomic mass is 35.5. The molecule has 0 spiro atoms. The van der Waals surface area contributed by atoms with Gasteiger partial charge in [0.15, 0.2) is 0 Å². The van der Waals surface area contributed by atoms with Gasteiger partial charge in [-0.25, -0.2) is 8.78 Å². The van der Waals surface area contributed by atoms with Gasteiger partial charge in [0.2, 0.25) is 0 Å². The van der Waals surface area contributed by atoms with Crippen LogP contribution in [-0.4, -0.2) is 0 Å². The summed E-state index contributed by atoms with van der Waals surface area (Å²) in [7, 11) is 0. The molecule has 2 rings (SSSR count). The topological polar surface area (TPSA) is 35.0 Å². The Morgan fingerprint density at radius 3 is 1.74 bits per heavy atom. The van der Waals surface area contributed by atoms with Crippen molar-refractivity contribution in [3.8, 4) is 0 Å². The smallest absolute Gasteiger partial charge is 0.123 e. The Morgan fingerprint density at radius 2 is 1.26 bits per heavy atom. The molecule has 0 saturated heterocycles. The Balaban J connectivity index is 0.00000162. The zero-order chi connectivity index (χ0) is 12.3. The minimum Gasteiger partial charge on any atom is -0.344 e. The highest BCUT2D eigenvalue weighted by molar-refractivity contribution is 5.85. The van der Waals surface area contributed by atoms with Crippen LogP contribution in [0.15, 0.2) is 48.5 Å². The van der Waals surface area contributed by atoms with Crippen molar-refractivity contribution in [1.82, 2.24) is 6.15 Å². The summed E-state index contributed by atoms with van der Waals surface area (Å²) in [5.74, 6) is -0.146. The van der Waals surface area contributed by atoms with Crippen molar-refractivity contribution in [2.45, 2.75) is 19.3 Å². The second-order valence-electron chi connectivity index (χ2n) is 4.28. The zero-order valence-electron chi connectivity index (χ0n) is 10.8. The van der Waals surface area contributed by atoms with Gasteiger partial charge in [-0.2, -0.15) is 0 Å². The first-order valence-corrected chi connectivity index (χ1v) is 5.65. The van der Waals surface area contributed by atoms with Gasteiger partial charge in [0.1, 0.15) is 11.6 Å². The van der Waals surface area contributed by atoms with Gasteiger partial charge in [-0.3, -0.25) is 0 Å². The van der Waals surface area contributed by atoms with Gasteiger partial charge >= 0.3 is 0 Å². The molecule has 1 nitrogen and oxygen atoms in total. The van der Waals surface area contributed by atoms with E-state index in [4.69, 9.17) is 0 Å². The van der Waals surface area contributed by atoms with Crippen molar-refractivity contribution in [2.24, 2.45) is 0 Å². The molecule has 0 heterocycles. The van der Waals surface area contributed by atoms with Gasteiger partial charge in [0.25, 0.3) is 0 Å². The van der Waals surface area contributed by atoms with Crippen LogP contribution < -0.4 is 6.15 Å². The van der Waals surface area contributed by atoms with Gasteiger partial charge in [-0.05, 0) is 47.7 Å². The molecular formula is C15H18ClF2N. The van der Waals surface area contributed by atoms with E-state index in [2.05, 4.69) is 6.92 Å². The monoisotopic (exact) mass is 285 g/mol. The number of benzene rings is 2. The maximum atomic E-state index is 12.8. The first-order valence-electron chi connectivity index (χ1n) is 5.65. The fraction of sp³-hybridized carbons (Fsp3) is 0.200. The molecule has 4 heteroatoms. The van der Waals surface area contributed by atoms with E-state index in [0.717, 1.165) is 17.5 Å². The Kier molecular flexibility index (Phi) is 7.27. The summed E-state index contributed by atoms with van der Waals surface area (Å²) >= 11 is 0. The molecule has 2 aromatic rings. The lowest BCUT2D eigenvalue weighted by atomic mass is 9.94.